The first-order valence-electron chi connectivity index (χ1n) is 7.27. The number of nitrogens with two attached hydrogens (primary N) is 1. The maximum Gasteiger partial charge on any atom is 0.218 e. The molecule has 0 spiro atoms. The summed E-state index contributed by atoms with van der Waals surface area (Å²) in [5.41, 5.74) is 7.03. The summed E-state index contributed by atoms with van der Waals surface area (Å²) in [6.07, 6.45) is 2.22. The van der Waals surface area contributed by atoms with Gasteiger partial charge in [0, 0.05) is 25.4 Å². The van der Waals surface area contributed by atoms with Crippen molar-refractivity contribution in [1.29, 1.82) is 0 Å². The smallest absolute Gasteiger partial charge is 0.218 e. The molecule has 0 aromatic heterocycles. The van der Waals surface area contributed by atoms with E-state index in [1.54, 1.807) is 35.7 Å². The zero-order chi connectivity index (χ0) is 15.5. The van der Waals surface area contributed by atoms with Gasteiger partial charge < -0.3 is 10.5 Å². The van der Waals surface area contributed by atoms with E-state index in [0.717, 1.165) is 18.4 Å². The van der Waals surface area contributed by atoms with Crippen LogP contribution in [0.3, 0.4) is 0 Å². The highest BCUT2D eigenvalue weighted by atomic mass is 32.2. The standard InChI is InChI=1S/C15H24N2O3S/c1-12(14-6-7-14)17(8-9-20-2)21(18,19)11-13-4-3-5-15(16)10-13/h3-5,10,12,14H,6-9,11,16H2,1-2H3. The molecule has 1 aromatic rings. The van der Waals surface area contributed by atoms with Crippen molar-refractivity contribution in [1.82, 2.24) is 4.31 Å². The van der Waals surface area contributed by atoms with Gasteiger partial charge in [-0.25, -0.2) is 8.42 Å². The molecule has 1 unspecified atom stereocenters. The average Bonchev–Trinajstić information content (AvgIpc) is 3.22. The number of nitrogens with zero attached hydrogens (tertiary/aromatic N) is 1. The minimum absolute atomic E-state index is 0.0151. The minimum atomic E-state index is -3.37. The molecule has 0 saturated heterocycles. The molecule has 1 fully saturated rings. The Labute approximate surface area is 127 Å². The van der Waals surface area contributed by atoms with Crippen molar-refractivity contribution >= 4 is 15.7 Å². The van der Waals surface area contributed by atoms with Gasteiger partial charge in [-0.05, 0) is 43.4 Å². The maximum absolute atomic E-state index is 12.7. The number of anilines is 1. The molecular formula is C15H24N2O3S. The fraction of sp³-hybridized carbons (Fsp3) is 0.600. The summed E-state index contributed by atoms with van der Waals surface area (Å²) < 4.78 is 32.1. The molecule has 0 bridgehead atoms. The zero-order valence-electron chi connectivity index (χ0n) is 12.7. The molecular weight excluding hydrogens is 288 g/mol. The van der Waals surface area contributed by atoms with Crippen LogP contribution >= 0.6 is 0 Å². The van der Waals surface area contributed by atoms with Gasteiger partial charge >= 0.3 is 0 Å². The van der Waals surface area contributed by atoms with Crippen LogP contribution in [0.2, 0.25) is 0 Å². The normalized spacial score (nSPS) is 17.1. The van der Waals surface area contributed by atoms with Crippen molar-refractivity contribution in [2.75, 3.05) is 26.0 Å². The van der Waals surface area contributed by atoms with Gasteiger partial charge in [0.25, 0.3) is 0 Å². The van der Waals surface area contributed by atoms with Crippen LogP contribution in [-0.4, -0.2) is 39.0 Å². The number of hydrogen-bond acceptors (Lipinski definition) is 4. The predicted molar refractivity (Wildman–Crippen MR) is 84.2 cm³/mol. The van der Waals surface area contributed by atoms with Gasteiger partial charge in [-0.1, -0.05) is 12.1 Å². The number of sulfonamides is 1. The predicted octanol–water partition coefficient (Wildman–Crippen LogP) is 1.85. The Hall–Kier alpha value is -1.11. The summed E-state index contributed by atoms with van der Waals surface area (Å²) in [5.74, 6) is 0.469. The highest BCUT2D eigenvalue weighted by molar-refractivity contribution is 7.88. The lowest BCUT2D eigenvalue weighted by Gasteiger charge is -2.28. The zero-order valence-corrected chi connectivity index (χ0v) is 13.5. The number of nitrogen functional groups attached to an aromatic ring is 1. The van der Waals surface area contributed by atoms with Crippen molar-refractivity contribution in [3.8, 4) is 0 Å². The van der Waals surface area contributed by atoms with Gasteiger partial charge in [-0.3, -0.25) is 0 Å². The molecule has 5 nitrogen and oxygen atoms in total. The molecule has 118 valence electrons. The van der Waals surface area contributed by atoms with Crippen molar-refractivity contribution in [2.45, 2.75) is 31.6 Å². The molecule has 2 N–H and O–H groups in total. The third-order valence-electron chi connectivity index (χ3n) is 3.93. The van der Waals surface area contributed by atoms with Crippen molar-refractivity contribution in [2.24, 2.45) is 5.92 Å². The first-order valence-corrected chi connectivity index (χ1v) is 8.88. The van der Waals surface area contributed by atoms with Gasteiger partial charge in [0.15, 0.2) is 0 Å². The number of methoxy groups -OCH3 is 1. The van der Waals surface area contributed by atoms with Gasteiger partial charge in [-0.2, -0.15) is 4.31 Å². The van der Waals surface area contributed by atoms with Crippen LogP contribution in [0.1, 0.15) is 25.3 Å². The fourth-order valence-corrected chi connectivity index (χ4v) is 4.37. The lowest BCUT2D eigenvalue weighted by molar-refractivity contribution is 0.164. The van der Waals surface area contributed by atoms with Crippen LogP contribution in [0.4, 0.5) is 5.69 Å². The van der Waals surface area contributed by atoms with E-state index >= 15 is 0 Å². The number of benzene rings is 1. The second-order valence-corrected chi connectivity index (χ2v) is 7.60. The van der Waals surface area contributed by atoms with E-state index in [2.05, 4.69) is 0 Å². The monoisotopic (exact) mass is 312 g/mol. The highest BCUT2D eigenvalue weighted by Gasteiger charge is 2.37. The number of hydrogen-bond donors (Lipinski definition) is 1. The average molecular weight is 312 g/mol. The van der Waals surface area contributed by atoms with E-state index < -0.39 is 10.0 Å². The first kappa shape index (κ1) is 16.3. The van der Waals surface area contributed by atoms with Crippen LogP contribution in [0.15, 0.2) is 24.3 Å². The molecule has 21 heavy (non-hydrogen) atoms. The first-order chi connectivity index (χ1) is 9.94. The van der Waals surface area contributed by atoms with Crippen LogP contribution in [-0.2, 0) is 20.5 Å². The van der Waals surface area contributed by atoms with E-state index in [0.29, 0.717) is 24.8 Å². The molecule has 1 aliphatic carbocycles. The van der Waals surface area contributed by atoms with Crippen molar-refractivity contribution in [3.05, 3.63) is 29.8 Å². The summed E-state index contributed by atoms with van der Waals surface area (Å²) in [5, 5.41) is 0. The summed E-state index contributed by atoms with van der Waals surface area (Å²) in [6, 6.07) is 7.08. The summed E-state index contributed by atoms with van der Waals surface area (Å²) in [6.45, 7) is 2.80. The lowest BCUT2D eigenvalue weighted by atomic mass is 10.2. The van der Waals surface area contributed by atoms with E-state index in [9.17, 15) is 8.42 Å². The molecule has 0 amide bonds. The molecule has 0 aliphatic heterocycles. The van der Waals surface area contributed by atoms with E-state index in [-0.39, 0.29) is 11.8 Å². The van der Waals surface area contributed by atoms with Gasteiger partial charge in [0.2, 0.25) is 10.0 Å². The summed E-state index contributed by atoms with van der Waals surface area (Å²) >= 11 is 0. The van der Waals surface area contributed by atoms with Gasteiger partial charge in [0.05, 0.1) is 12.4 Å². The van der Waals surface area contributed by atoms with Crippen molar-refractivity contribution in [3.63, 3.8) is 0 Å². The number of rotatable bonds is 8. The van der Waals surface area contributed by atoms with Crippen LogP contribution < -0.4 is 5.73 Å². The quantitative estimate of drug-likeness (QED) is 0.744. The van der Waals surface area contributed by atoms with Crippen LogP contribution in [0, 0.1) is 5.92 Å². The Morgan fingerprint density at radius 2 is 2.14 bits per heavy atom. The topological polar surface area (TPSA) is 72.6 Å². The molecule has 1 atom stereocenters. The highest BCUT2D eigenvalue weighted by Crippen LogP contribution is 2.36. The largest absolute Gasteiger partial charge is 0.399 e. The lowest BCUT2D eigenvalue weighted by Crippen LogP contribution is -2.42. The minimum Gasteiger partial charge on any atom is -0.399 e. The third-order valence-corrected chi connectivity index (χ3v) is 5.86. The molecule has 1 saturated carbocycles. The SMILES string of the molecule is COCCN(C(C)C1CC1)S(=O)(=O)Cc1cccc(N)c1. The van der Waals surface area contributed by atoms with Crippen molar-refractivity contribution < 1.29 is 13.2 Å². The maximum atomic E-state index is 12.7. The Morgan fingerprint density at radius 3 is 2.71 bits per heavy atom. The Balaban J connectivity index is 2.15. The van der Waals surface area contributed by atoms with E-state index in [1.807, 2.05) is 6.92 Å². The second kappa shape index (κ2) is 6.77. The molecule has 1 aliphatic rings. The van der Waals surface area contributed by atoms with Crippen LogP contribution in [0.25, 0.3) is 0 Å². The molecule has 1 aromatic carbocycles. The molecule has 6 heteroatoms. The molecule has 2 rings (SSSR count). The van der Waals surface area contributed by atoms with E-state index in [4.69, 9.17) is 10.5 Å². The van der Waals surface area contributed by atoms with E-state index in [1.165, 1.54) is 0 Å². The number of ether oxygens (including phenoxy) is 1. The Morgan fingerprint density at radius 1 is 1.43 bits per heavy atom. The third kappa shape index (κ3) is 4.43. The second-order valence-electron chi connectivity index (χ2n) is 5.68. The Kier molecular flexibility index (Phi) is 5.24. The summed E-state index contributed by atoms with van der Waals surface area (Å²) in [4.78, 5) is 0. The summed E-state index contributed by atoms with van der Waals surface area (Å²) in [7, 11) is -1.78. The van der Waals surface area contributed by atoms with Gasteiger partial charge in [-0.15, -0.1) is 0 Å². The molecule has 0 radical (unpaired) electrons. The fourth-order valence-electron chi connectivity index (χ4n) is 2.57. The Bertz CT molecular complexity index is 570. The van der Waals surface area contributed by atoms with Gasteiger partial charge in [0.1, 0.15) is 0 Å². The molecule has 0 heterocycles. The van der Waals surface area contributed by atoms with Crippen LogP contribution in [0.5, 0.6) is 0 Å².